The number of carboxylic acids is 1. The molecule has 22 heavy (non-hydrogen) atoms. The van der Waals surface area contributed by atoms with Crippen LogP contribution in [0.4, 0.5) is 0 Å². The van der Waals surface area contributed by atoms with Gasteiger partial charge in [-0.2, -0.15) is 0 Å². The number of aromatic nitrogens is 1. The Morgan fingerprint density at radius 1 is 1.05 bits per heavy atom. The first kappa shape index (κ1) is 13.9. The van der Waals surface area contributed by atoms with Gasteiger partial charge in [0.15, 0.2) is 0 Å². The summed E-state index contributed by atoms with van der Waals surface area (Å²) in [5, 5.41) is 9.07. The first-order valence-electron chi connectivity index (χ1n) is 6.83. The van der Waals surface area contributed by atoms with Gasteiger partial charge >= 0.3 is 5.97 Å². The van der Waals surface area contributed by atoms with Crippen LogP contribution in [0.1, 0.15) is 10.4 Å². The van der Waals surface area contributed by atoms with E-state index in [-0.39, 0.29) is 5.56 Å². The third kappa shape index (κ3) is 2.72. The molecule has 0 saturated carbocycles. The Hall–Kier alpha value is -3.01. The SMILES string of the molecule is COc1ccc(-n2ccc(-c3cccc(C(=O)O)c3)c2)cc1. The number of ether oxygens (including phenoxy) is 1. The molecular weight excluding hydrogens is 278 g/mol. The van der Waals surface area contributed by atoms with Gasteiger partial charge in [-0.05, 0) is 53.6 Å². The van der Waals surface area contributed by atoms with Crippen LogP contribution in [0.3, 0.4) is 0 Å². The number of rotatable bonds is 4. The average molecular weight is 293 g/mol. The molecular formula is C18H15NO3. The lowest BCUT2D eigenvalue weighted by molar-refractivity contribution is 0.0697. The molecule has 2 aromatic carbocycles. The molecule has 4 nitrogen and oxygen atoms in total. The van der Waals surface area contributed by atoms with E-state index < -0.39 is 5.97 Å². The van der Waals surface area contributed by atoms with Crippen LogP contribution >= 0.6 is 0 Å². The molecule has 3 rings (SSSR count). The zero-order valence-electron chi connectivity index (χ0n) is 12.1. The fourth-order valence-corrected chi connectivity index (χ4v) is 2.31. The van der Waals surface area contributed by atoms with Gasteiger partial charge in [0.05, 0.1) is 12.7 Å². The largest absolute Gasteiger partial charge is 0.497 e. The second-order valence-corrected chi connectivity index (χ2v) is 4.89. The first-order chi connectivity index (χ1) is 10.7. The molecule has 0 aliphatic rings. The molecule has 0 aliphatic heterocycles. The fourth-order valence-electron chi connectivity index (χ4n) is 2.31. The molecule has 0 spiro atoms. The third-order valence-corrected chi connectivity index (χ3v) is 3.51. The molecule has 1 N–H and O–H groups in total. The Morgan fingerprint density at radius 3 is 2.50 bits per heavy atom. The van der Waals surface area contributed by atoms with Crippen LogP contribution in [0.5, 0.6) is 5.75 Å². The quantitative estimate of drug-likeness (QED) is 0.795. The second kappa shape index (κ2) is 5.77. The molecule has 0 radical (unpaired) electrons. The molecule has 3 aromatic rings. The molecule has 110 valence electrons. The maximum atomic E-state index is 11.1. The lowest BCUT2D eigenvalue weighted by Crippen LogP contribution is -1.95. The normalized spacial score (nSPS) is 10.4. The van der Waals surface area contributed by atoms with Gasteiger partial charge < -0.3 is 14.4 Å². The highest BCUT2D eigenvalue weighted by atomic mass is 16.5. The van der Waals surface area contributed by atoms with E-state index in [2.05, 4.69) is 0 Å². The van der Waals surface area contributed by atoms with E-state index in [1.54, 1.807) is 25.3 Å². The number of aromatic carboxylic acids is 1. The standard InChI is InChI=1S/C18H15NO3/c1-22-17-7-5-16(6-8-17)19-10-9-15(12-19)13-3-2-4-14(11-13)18(20)21/h2-12H,1H3,(H,20,21). The van der Waals surface area contributed by atoms with Crippen molar-refractivity contribution >= 4 is 5.97 Å². The highest BCUT2D eigenvalue weighted by Gasteiger charge is 2.06. The number of hydrogen-bond donors (Lipinski definition) is 1. The van der Waals surface area contributed by atoms with Crippen LogP contribution < -0.4 is 4.74 Å². The summed E-state index contributed by atoms with van der Waals surface area (Å²) < 4.78 is 7.14. The Kier molecular flexibility index (Phi) is 3.66. The van der Waals surface area contributed by atoms with E-state index >= 15 is 0 Å². The van der Waals surface area contributed by atoms with Gasteiger partial charge in [-0.1, -0.05) is 12.1 Å². The molecule has 0 bridgehead atoms. The molecule has 0 fully saturated rings. The second-order valence-electron chi connectivity index (χ2n) is 4.89. The number of benzene rings is 2. The smallest absolute Gasteiger partial charge is 0.335 e. The Bertz CT molecular complexity index is 803. The van der Waals surface area contributed by atoms with Crippen molar-refractivity contribution in [3.8, 4) is 22.6 Å². The van der Waals surface area contributed by atoms with Gasteiger partial charge in [-0.25, -0.2) is 4.79 Å². The molecule has 1 aromatic heterocycles. The average Bonchev–Trinajstić information content (AvgIpc) is 3.05. The molecule has 4 heteroatoms. The van der Waals surface area contributed by atoms with Crippen LogP contribution in [0.15, 0.2) is 67.0 Å². The summed E-state index contributed by atoms with van der Waals surface area (Å²) in [5.74, 6) is -0.110. The molecule has 1 heterocycles. The Balaban J connectivity index is 1.93. The summed E-state index contributed by atoms with van der Waals surface area (Å²) in [6, 6.07) is 16.6. The van der Waals surface area contributed by atoms with Crippen molar-refractivity contribution in [3.63, 3.8) is 0 Å². The van der Waals surface area contributed by atoms with E-state index in [0.29, 0.717) is 0 Å². The predicted octanol–water partition coefficient (Wildman–Crippen LogP) is 3.85. The van der Waals surface area contributed by atoms with E-state index in [0.717, 1.165) is 22.6 Å². The number of hydrogen-bond acceptors (Lipinski definition) is 2. The van der Waals surface area contributed by atoms with Crippen LogP contribution in [0.25, 0.3) is 16.8 Å². The van der Waals surface area contributed by atoms with Crippen molar-refractivity contribution < 1.29 is 14.6 Å². The molecule has 0 aliphatic carbocycles. The van der Waals surface area contributed by atoms with Crippen molar-refractivity contribution in [1.29, 1.82) is 0 Å². The summed E-state index contributed by atoms with van der Waals surface area (Å²) in [6.45, 7) is 0. The van der Waals surface area contributed by atoms with Gasteiger partial charge in [0.2, 0.25) is 0 Å². The van der Waals surface area contributed by atoms with Crippen LogP contribution in [0.2, 0.25) is 0 Å². The minimum Gasteiger partial charge on any atom is -0.497 e. The molecule has 0 unspecified atom stereocenters. The maximum Gasteiger partial charge on any atom is 0.335 e. The monoisotopic (exact) mass is 293 g/mol. The van der Waals surface area contributed by atoms with Crippen molar-refractivity contribution in [2.24, 2.45) is 0 Å². The zero-order valence-corrected chi connectivity index (χ0v) is 12.1. The van der Waals surface area contributed by atoms with Gasteiger partial charge in [0, 0.05) is 18.1 Å². The van der Waals surface area contributed by atoms with E-state index in [9.17, 15) is 4.79 Å². The van der Waals surface area contributed by atoms with Gasteiger partial charge in [-0.15, -0.1) is 0 Å². The fraction of sp³-hybridized carbons (Fsp3) is 0.0556. The van der Waals surface area contributed by atoms with E-state index in [1.807, 2.05) is 53.4 Å². The van der Waals surface area contributed by atoms with Gasteiger partial charge in [-0.3, -0.25) is 0 Å². The highest BCUT2D eigenvalue weighted by molar-refractivity contribution is 5.89. The summed E-state index contributed by atoms with van der Waals surface area (Å²) in [6.07, 6.45) is 3.92. The molecule has 0 saturated heterocycles. The Labute approximate surface area is 128 Å². The third-order valence-electron chi connectivity index (χ3n) is 3.51. The number of carbonyl (C=O) groups is 1. The summed E-state index contributed by atoms with van der Waals surface area (Å²) in [7, 11) is 1.64. The lowest BCUT2D eigenvalue weighted by Gasteiger charge is -2.04. The first-order valence-corrected chi connectivity index (χ1v) is 6.83. The van der Waals surface area contributed by atoms with Crippen LogP contribution in [-0.2, 0) is 0 Å². The Morgan fingerprint density at radius 2 is 1.82 bits per heavy atom. The van der Waals surface area contributed by atoms with Crippen LogP contribution in [-0.4, -0.2) is 22.8 Å². The predicted molar refractivity (Wildman–Crippen MR) is 84.7 cm³/mol. The topological polar surface area (TPSA) is 51.5 Å². The highest BCUT2D eigenvalue weighted by Crippen LogP contribution is 2.23. The van der Waals surface area contributed by atoms with Crippen molar-refractivity contribution in [3.05, 3.63) is 72.6 Å². The van der Waals surface area contributed by atoms with Crippen molar-refractivity contribution in [2.45, 2.75) is 0 Å². The zero-order chi connectivity index (χ0) is 15.5. The molecule has 0 amide bonds. The van der Waals surface area contributed by atoms with Crippen LogP contribution in [0, 0.1) is 0 Å². The number of carboxylic acid groups (broad SMARTS) is 1. The number of nitrogens with zero attached hydrogens (tertiary/aromatic N) is 1. The van der Waals surface area contributed by atoms with Crippen molar-refractivity contribution in [1.82, 2.24) is 4.57 Å². The van der Waals surface area contributed by atoms with E-state index in [1.165, 1.54) is 0 Å². The summed E-state index contributed by atoms with van der Waals surface area (Å²) in [5.41, 5.74) is 3.15. The number of methoxy groups -OCH3 is 1. The lowest BCUT2D eigenvalue weighted by atomic mass is 10.1. The maximum absolute atomic E-state index is 11.1. The van der Waals surface area contributed by atoms with E-state index in [4.69, 9.17) is 9.84 Å². The van der Waals surface area contributed by atoms with Gasteiger partial charge in [0.1, 0.15) is 5.75 Å². The summed E-state index contributed by atoms with van der Waals surface area (Å²) >= 11 is 0. The molecule has 0 atom stereocenters. The minimum atomic E-state index is -0.920. The summed E-state index contributed by atoms with van der Waals surface area (Å²) in [4.78, 5) is 11.1. The van der Waals surface area contributed by atoms with Gasteiger partial charge in [0.25, 0.3) is 0 Å². The van der Waals surface area contributed by atoms with Crippen molar-refractivity contribution in [2.75, 3.05) is 7.11 Å². The minimum absolute atomic E-state index is 0.287.